The van der Waals surface area contributed by atoms with Crippen molar-refractivity contribution in [1.82, 2.24) is 19.9 Å². The SMILES string of the molecule is CC(C)(O)C1CN(c2nccc(Sc3ncc(N4CCC5(CC4)Cc4nc(Cl)sc4C5)nc3N)c2Cl)C1. The lowest BCUT2D eigenvalue weighted by Crippen LogP contribution is -2.56. The Kier molecular flexibility index (Phi) is 6.47. The molecule has 1 aliphatic carbocycles. The molecule has 3 N–H and O–H groups in total. The van der Waals surface area contributed by atoms with Crippen LogP contribution in [0.15, 0.2) is 28.4 Å². The van der Waals surface area contributed by atoms with Crippen LogP contribution in [0.2, 0.25) is 9.49 Å². The molecule has 3 aromatic heterocycles. The van der Waals surface area contributed by atoms with E-state index in [1.165, 1.54) is 22.3 Å². The Labute approximate surface area is 234 Å². The third-order valence-electron chi connectivity index (χ3n) is 7.95. The summed E-state index contributed by atoms with van der Waals surface area (Å²) in [6.45, 7) is 6.96. The average Bonchev–Trinajstić information content (AvgIpc) is 3.29. The van der Waals surface area contributed by atoms with Gasteiger partial charge in [0.15, 0.2) is 10.3 Å². The van der Waals surface area contributed by atoms with Crippen molar-refractivity contribution in [3.8, 4) is 0 Å². The van der Waals surface area contributed by atoms with Crippen LogP contribution in [0.5, 0.6) is 0 Å². The number of rotatable bonds is 5. The van der Waals surface area contributed by atoms with Crippen LogP contribution in [0.4, 0.5) is 17.5 Å². The molecule has 2 fully saturated rings. The van der Waals surface area contributed by atoms with Crippen molar-refractivity contribution in [3.05, 3.63) is 38.5 Å². The molecule has 6 rings (SSSR count). The molecule has 0 bridgehead atoms. The van der Waals surface area contributed by atoms with Crippen LogP contribution in [0.3, 0.4) is 0 Å². The monoisotopic (exact) mass is 577 g/mol. The number of fused-ring (bicyclic) bond motifs is 1. The molecule has 12 heteroatoms. The van der Waals surface area contributed by atoms with E-state index in [0.29, 0.717) is 25.7 Å². The molecule has 3 aliphatic rings. The standard InChI is InChI=1S/C25H29Cl2N7OS2/c1-24(2,35)14-12-34(13-14)21-19(26)16(3-6-29-21)36-22-20(28)32-18(11-30-22)33-7-4-25(5-8-33)9-15-17(10-25)37-23(27)31-15/h3,6,11,14,35H,4-5,7-10,12-13H2,1-2H3,(H2,28,32). The molecule has 1 spiro atoms. The Morgan fingerprint density at radius 2 is 1.89 bits per heavy atom. The topological polar surface area (TPSA) is 104 Å². The summed E-state index contributed by atoms with van der Waals surface area (Å²) in [5.74, 6) is 2.11. The van der Waals surface area contributed by atoms with Gasteiger partial charge in [-0.3, -0.25) is 0 Å². The number of hydrogen-bond donors (Lipinski definition) is 2. The van der Waals surface area contributed by atoms with Crippen molar-refractivity contribution in [1.29, 1.82) is 0 Å². The summed E-state index contributed by atoms with van der Waals surface area (Å²) in [7, 11) is 0. The van der Waals surface area contributed by atoms with Crippen LogP contribution < -0.4 is 15.5 Å². The van der Waals surface area contributed by atoms with Crippen LogP contribution >= 0.6 is 46.3 Å². The number of aliphatic hydroxyl groups is 1. The van der Waals surface area contributed by atoms with Crippen molar-refractivity contribution < 1.29 is 5.11 Å². The van der Waals surface area contributed by atoms with Crippen molar-refractivity contribution in [2.75, 3.05) is 41.7 Å². The Balaban J connectivity index is 1.10. The maximum Gasteiger partial charge on any atom is 0.184 e. The van der Waals surface area contributed by atoms with E-state index in [-0.39, 0.29) is 5.92 Å². The minimum Gasteiger partial charge on any atom is -0.390 e. The number of nitrogens with zero attached hydrogens (tertiary/aromatic N) is 6. The lowest BCUT2D eigenvalue weighted by molar-refractivity contribution is 0.00438. The third kappa shape index (κ3) is 4.87. The number of hydrogen-bond acceptors (Lipinski definition) is 10. The molecule has 0 saturated carbocycles. The predicted molar refractivity (Wildman–Crippen MR) is 150 cm³/mol. The van der Waals surface area contributed by atoms with Crippen molar-refractivity contribution in [2.24, 2.45) is 11.3 Å². The maximum absolute atomic E-state index is 10.2. The first kappa shape index (κ1) is 25.4. The van der Waals surface area contributed by atoms with Gasteiger partial charge in [-0.2, -0.15) is 0 Å². The fourth-order valence-electron chi connectivity index (χ4n) is 5.48. The van der Waals surface area contributed by atoms with Crippen LogP contribution in [0.1, 0.15) is 37.3 Å². The van der Waals surface area contributed by atoms with E-state index < -0.39 is 5.60 Å². The second kappa shape index (κ2) is 9.41. The number of aromatic nitrogens is 4. The molecule has 0 atom stereocenters. The summed E-state index contributed by atoms with van der Waals surface area (Å²) in [5, 5.41) is 11.4. The van der Waals surface area contributed by atoms with E-state index in [1.807, 2.05) is 26.1 Å². The van der Waals surface area contributed by atoms with E-state index in [9.17, 15) is 5.11 Å². The third-order valence-corrected chi connectivity index (χ3v) is 10.7. The fourth-order valence-corrected chi connectivity index (χ4v) is 7.96. The van der Waals surface area contributed by atoms with Crippen LogP contribution in [-0.2, 0) is 12.8 Å². The summed E-state index contributed by atoms with van der Waals surface area (Å²) in [4.78, 5) is 24.9. The molecular formula is C25H29Cl2N7OS2. The first-order valence-corrected chi connectivity index (χ1v) is 14.8. The van der Waals surface area contributed by atoms with Crippen molar-refractivity contribution in [2.45, 2.75) is 55.1 Å². The molecule has 0 amide bonds. The number of nitrogen functional groups attached to an aromatic ring is 1. The van der Waals surface area contributed by atoms with E-state index in [2.05, 4.69) is 24.8 Å². The summed E-state index contributed by atoms with van der Waals surface area (Å²) < 4.78 is 0.658. The van der Waals surface area contributed by atoms with Gasteiger partial charge >= 0.3 is 0 Å². The minimum atomic E-state index is -0.716. The largest absolute Gasteiger partial charge is 0.390 e. The second-order valence-electron chi connectivity index (χ2n) is 10.9. The predicted octanol–water partition coefficient (Wildman–Crippen LogP) is 4.96. The van der Waals surface area contributed by atoms with Gasteiger partial charge in [-0.15, -0.1) is 11.3 Å². The molecule has 8 nitrogen and oxygen atoms in total. The van der Waals surface area contributed by atoms with Gasteiger partial charge in [-0.25, -0.2) is 19.9 Å². The zero-order chi connectivity index (χ0) is 25.9. The van der Waals surface area contributed by atoms with Crippen LogP contribution in [-0.4, -0.2) is 56.8 Å². The number of thiazole rings is 1. The van der Waals surface area contributed by atoms with E-state index in [4.69, 9.17) is 33.9 Å². The highest BCUT2D eigenvalue weighted by Gasteiger charge is 2.42. The number of pyridine rings is 1. The minimum absolute atomic E-state index is 0.192. The van der Waals surface area contributed by atoms with Gasteiger partial charge in [0.1, 0.15) is 16.7 Å². The van der Waals surface area contributed by atoms with Crippen LogP contribution in [0, 0.1) is 11.3 Å². The smallest absolute Gasteiger partial charge is 0.184 e. The molecule has 0 radical (unpaired) electrons. The zero-order valence-electron chi connectivity index (χ0n) is 20.7. The number of piperidine rings is 1. The highest BCUT2D eigenvalue weighted by Crippen LogP contribution is 2.47. The Morgan fingerprint density at radius 1 is 1.14 bits per heavy atom. The van der Waals surface area contributed by atoms with Gasteiger partial charge in [-0.05, 0) is 51.0 Å². The van der Waals surface area contributed by atoms with E-state index in [0.717, 1.165) is 68.4 Å². The summed E-state index contributed by atoms with van der Waals surface area (Å²) in [6.07, 6.45) is 7.83. The zero-order valence-corrected chi connectivity index (χ0v) is 23.9. The quantitative estimate of drug-likeness (QED) is 0.435. The van der Waals surface area contributed by atoms with E-state index in [1.54, 1.807) is 17.5 Å². The molecule has 196 valence electrons. The number of anilines is 3. The number of halogens is 2. The van der Waals surface area contributed by atoms with Gasteiger partial charge in [0.05, 0.1) is 22.5 Å². The van der Waals surface area contributed by atoms with Gasteiger partial charge in [-0.1, -0.05) is 35.0 Å². The van der Waals surface area contributed by atoms with Gasteiger partial charge < -0.3 is 20.6 Å². The normalized spacial score (nSPS) is 19.4. The number of nitrogens with two attached hydrogens (primary N) is 1. The summed E-state index contributed by atoms with van der Waals surface area (Å²) in [6, 6.07) is 1.87. The highest BCUT2D eigenvalue weighted by molar-refractivity contribution is 7.99. The lowest BCUT2D eigenvalue weighted by Gasteiger charge is -2.46. The second-order valence-corrected chi connectivity index (χ2v) is 14.0. The van der Waals surface area contributed by atoms with Crippen LogP contribution in [0.25, 0.3) is 0 Å². The van der Waals surface area contributed by atoms with Gasteiger partial charge in [0.25, 0.3) is 0 Å². The van der Waals surface area contributed by atoms with Gasteiger partial charge in [0, 0.05) is 48.1 Å². The lowest BCUT2D eigenvalue weighted by atomic mass is 9.76. The molecule has 5 heterocycles. The van der Waals surface area contributed by atoms with Crippen molar-refractivity contribution in [3.63, 3.8) is 0 Å². The van der Waals surface area contributed by atoms with E-state index >= 15 is 0 Å². The first-order valence-electron chi connectivity index (χ1n) is 12.4. The fraction of sp³-hybridized carbons (Fsp3) is 0.520. The molecule has 0 unspecified atom stereocenters. The molecular weight excluding hydrogens is 549 g/mol. The molecule has 37 heavy (non-hydrogen) atoms. The maximum atomic E-state index is 10.2. The first-order chi connectivity index (χ1) is 17.6. The molecule has 2 saturated heterocycles. The molecule has 0 aromatic carbocycles. The Hall–Kier alpha value is -1.85. The Morgan fingerprint density at radius 3 is 2.57 bits per heavy atom. The summed E-state index contributed by atoms with van der Waals surface area (Å²) >= 11 is 15.9. The van der Waals surface area contributed by atoms with Gasteiger partial charge in [0.2, 0.25) is 0 Å². The molecule has 2 aliphatic heterocycles. The molecule has 3 aromatic rings. The average molecular weight is 579 g/mol. The highest BCUT2D eigenvalue weighted by atomic mass is 35.5. The Bertz CT molecular complexity index is 1310. The van der Waals surface area contributed by atoms with Crippen molar-refractivity contribution >= 4 is 63.8 Å². The summed E-state index contributed by atoms with van der Waals surface area (Å²) in [5.41, 5.74) is 7.13.